The number of nitrogens with zero attached hydrogens (tertiary/aromatic N) is 5. The lowest BCUT2D eigenvalue weighted by molar-refractivity contribution is -0.384. The minimum absolute atomic E-state index is 0.0916. The fourth-order valence-electron chi connectivity index (χ4n) is 3.96. The first kappa shape index (κ1) is 24.4. The highest BCUT2D eigenvalue weighted by atomic mass is 16.6. The number of nitro groups is 1. The normalized spacial score (nSPS) is 13.8. The molecule has 0 atom stereocenters. The topological polar surface area (TPSA) is 112 Å². The number of benzene rings is 2. The second kappa shape index (κ2) is 11.6. The monoisotopic (exact) mass is 483 g/mol. The summed E-state index contributed by atoms with van der Waals surface area (Å²) in [6.07, 6.45) is 1.56. The Morgan fingerprint density at radius 2 is 1.46 bits per heavy atom. The van der Waals surface area contributed by atoms with Crippen LogP contribution in [0, 0.1) is 10.1 Å². The van der Waals surface area contributed by atoms with Gasteiger partial charge in [-0.1, -0.05) is 0 Å². The van der Waals surface area contributed by atoms with E-state index in [1.54, 1.807) is 32.7 Å². The van der Waals surface area contributed by atoms with Crippen LogP contribution in [-0.4, -0.2) is 81.7 Å². The van der Waals surface area contributed by atoms with Crippen molar-refractivity contribution in [2.24, 2.45) is 0 Å². The minimum atomic E-state index is -0.386. The maximum atomic E-state index is 10.9. The van der Waals surface area contributed by atoms with Crippen LogP contribution in [0.25, 0.3) is 10.9 Å². The number of piperazine rings is 1. The van der Waals surface area contributed by atoms with E-state index in [1.807, 2.05) is 12.1 Å². The van der Waals surface area contributed by atoms with E-state index in [0.717, 1.165) is 48.6 Å². The zero-order chi connectivity index (χ0) is 24.6. The summed E-state index contributed by atoms with van der Waals surface area (Å²) in [4.78, 5) is 24.0. The van der Waals surface area contributed by atoms with Gasteiger partial charge in [0.1, 0.15) is 25.4 Å². The predicted octanol–water partition coefficient (Wildman–Crippen LogP) is 2.92. The number of ether oxygens (including phenoxy) is 4. The summed E-state index contributed by atoms with van der Waals surface area (Å²) in [6, 6.07) is 10.5. The van der Waals surface area contributed by atoms with Gasteiger partial charge in [-0.15, -0.1) is 0 Å². The Morgan fingerprint density at radius 3 is 2.06 bits per heavy atom. The molecule has 1 aromatic heterocycles. The first-order valence-corrected chi connectivity index (χ1v) is 11.4. The highest BCUT2D eigenvalue weighted by Crippen LogP contribution is 2.35. The van der Waals surface area contributed by atoms with E-state index in [4.69, 9.17) is 18.9 Å². The van der Waals surface area contributed by atoms with Crippen molar-refractivity contribution in [3.8, 4) is 11.5 Å². The van der Waals surface area contributed by atoms with Crippen molar-refractivity contribution in [3.63, 3.8) is 0 Å². The molecule has 2 heterocycles. The SMILES string of the molecule is COCCOc1cc2ncnc(N3CCN(c4ccc([N+](=O)[O-])cc4)CC3)c2cc1OCCOC. The molecule has 0 saturated carbocycles. The van der Waals surface area contributed by atoms with Crippen LogP contribution < -0.4 is 19.3 Å². The molecule has 0 aliphatic carbocycles. The molecule has 1 aliphatic heterocycles. The maximum Gasteiger partial charge on any atom is 0.269 e. The Labute approximate surface area is 203 Å². The van der Waals surface area contributed by atoms with Crippen LogP contribution in [-0.2, 0) is 9.47 Å². The molecule has 35 heavy (non-hydrogen) atoms. The van der Waals surface area contributed by atoms with Crippen LogP contribution in [0.5, 0.6) is 11.5 Å². The van der Waals surface area contributed by atoms with Crippen molar-refractivity contribution in [1.29, 1.82) is 0 Å². The van der Waals surface area contributed by atoms with Crippen molar-refractivity contribution >= 4 is 28.1 Å². The first-order chi connectivity index (χ1) is 17.1. The summed E-state index contributed by atoms with van der Waals surface area (Å²) in [6.45, 7) is 4.72. The third-order valence-corrected chi connectivity index (χ3v) is 5.77. The van der Waals surface area contributed by atoms with Crippen molar-refractivity contribution in [1.82, 2.24) is 9.97 Å². The fraction of sp³-hybridized carbons (Fsp3) is 0.417. The Morgan fingerprint density at radius 1 is 0.857 bits per heavy atom. The summed E-state index contributed by atoms with van der Waals surface area (Å²) in [5.74, 6) is 2.03. The van der Waals surface area contributed by atoms with Crippen LogP contribution in [0.4, 0.5) is 17.2 Å². The molecule has 0 spiro atoms. The standard InChI is InChI=1S/C24H29N5O6/c1-32-11-13-34-22-15-20-21(16-23(22)35-14-12-33-2)25-17-26-24(20)28-9-7-27(8-10-28)18-3-5-19(6-4-18)29(30)31/h3-6,15-17H,7-14H2,1-2H3. The van der Waals surface area contributed by atoms with Crippen molar-refractivity contribution < 1.29 is 23.9 Å². The summed E-state index contributed by atoms with van der Waals surface area (Å²) < 4.78 is 22.0. The molecule has 0 bridgehead atoms. The van der Waals surface area contributed by atoms with E-state index in [0.29, 0.717) is 37.9 Å². The number of anilines is 2. The molecule has 0 N–H and O–H groups in total. The fourth-order valence-corrected chi connectivity index (χ4v) is 3.96. The van der Waals surface area contributed by atoms with Gasteiger partial charge < -0.3 is 28.7 Å². The van der Waals surface area contributed by atoms with E-state index >= 15 is 0 Å². The van der Waals surface area contributed by atoms with Gasteiger partial charge >= 0.3 is 0 Å². The Hall–Kier alpha value is -3.70. The third-order valence-electron chi connectivity index (χ3n) is 5.77. The molecular weight excluding hydrogens is 454 g/mol. The van der Waals surface area contributed by atoms with Gasteiger partial charge in [0.05, 0.1) is 23.7 Å². The second-order valence-corrected chi connectivity index (χ2v) is 7.94. The minimum Gasteiger partial charge on any atom is -0.487 e. The highest BCUT2D eigenvalue weighted by molar-refractivity contribution is 5.92. The maximum absolute atomic E-state index is 10.9. The summed E-state index contributed by atoms with van der Waals surface area (Å²) in [5.41, 5.74) is 1.82. The number of rotatable bonds is 11. The molecule has 11 nitrogen and oxygen atoms in total. The molecule has 0 amide bonds. The predicted molar refractivity (Wildman–Crippen MR) is 132 cm³/mol. The third kappa shape index (κ3) is 5.87. The van der Waals surface area contributed by atoms with E-state index in [9.17, 15) is 10.1 Å². The number of non-ortho nitro benzene ring substituents is 1. The Balaban J connectivity index is 1.53. The van der Waals surface area contributed by atoms with Gasteiger partial charge in [-0.3, -0.25) is 10.1 Å². The molecular formula is C24H29N5O6. The molecule has 11 heteroatoms. The molecule has 1 aliphatic rings. The van der Waals surface area contributed by atoms with Gasteiger partial charge in [0.25, 0.3) is 5.69 Å². The average molecular weight is 484 g/mol. The highest BCUT2D eigenvalue weighted by Gasteiger charge is 2.22. The molecule has 0 radical (unpaired) electrons. The number of hydrogen-bond donors (Lipinski definition) is 0. The Bertz CT molecular complexity index is 1140. The molecule has 0 unspecified atom stereocenters. The lowest BCUT2D eigenvalue weighted by Gasteiger charge is -2.37. The van der Waals surface area contributed by atoms with Crippen LogP contribution in [0.2, 0.25) is 0 Å². The molecule has 186 valence electrons. The molecule has 1 saturated heterocycles. The van der Waals surface area contributed by atoms with Gasteiger partial charge in [0.15, 0.2) is 11.5 Å². The van der Waals surface area contributed by atoms with Crippen molar-refractivity contribution in [2.45, 2.75) is 0 Å². The number of fused-ring (bicyclic) bond motifs is 1. The molecule has 4 rings (SSSR count). The number of aromatic nitrogens is 2. The lowest BCUT2D eigenvalue weighted by atomic mass is 10.1. The lowest BCUT2D eigenvalue weighted by Crippen LogP contribution is -2.46. The average Bonchev–Trinajstić information content (AvgIpc) is 2.89. The van der Waals surface area contributed by atoms with Gasteiger partial charge in [-0.2, -0.15) is 0 Å². The smallest absolute Gasteiger partial charge is 0.269 e. The van der Waals surface area contributed by atoms with Crippen molar-refractivity contribution in [3.05, 3.63) is 52.8 Å². The van der Waals surface area contributed by atoms with Crippen molar-refractivity contribution in [2.75, 3.05) is 76.6 Å². The van der Waals surface area contributed by atoms with E-state index < -0.39 is 0 Å². The first-order valence-electron chi connectivity index (χ1n) is 11.4. The largest absolute Gasteiger partial charge is 0.487 e. The zero-order valence-corrected chi connectivity index (χ0v) is 19.9. The molecule has 2 aromatic carbocycles. The number of nitro benzene ring substituents is 1. The quantitative estimate of drug-likeness (QED) is 0.229. The van der Waals surface area contributed by atoms with Gasteiger partial charge in [0.2, 0.25) is 0 Å². The van der Waals surface area contributed by atoms with Gasteiger partial charge in [-0.25, -0.2) is 9.97 Å². The summed E-state index contributed by atoms with van der Waals surface area (Å²) in [5, 5.41) is 11.8. The summed E-state index contributed by atoms with van der Waals surface area (Å²) >= 11 is 0. The summed E-state index contributed by atoms with van der Waals surface area (Å²) in [7, 11) is 3.25. The Kier molecular flexibility index (Phi) is 8.11. The van der Waals surface area contributed by atoms with Crippen LogP contribution in [0.3, 0.4) is 0 Å². The van der Waals surface area contributed by atoms with E-state index in [1.165, 1.54) is 12.1 Å². The number of hydrogen-bond acceptors (Lipinski definition) is 10. The van der Waals surface area contributed by atoms with Crippen LogP contribution >= 0.6 is 0 Å². The van der Waals surface area contributed by atoms with Gasteiger partial charge in [-0.05, 0) is 18.2 Å². The zero-order valence-electron chi connectivity index (χ0n) is 19.9. The van der Waals surface area contributed by atoms with E-state index in [-0.39, 0.29) is 10.6 Å². The second-order valence-electron chi connectivity index (χ2n) is 7.94. The molecule has 1 fully saturated rings. The van der Waals surface area contributed by atoms with Crippen LogP contribution in [0.1, 0.15) is 0 Å². The number of methoxy groups -OCH3 is 2. The molecule has 3 aromatic rings. The van der Waals surface area contributed by atoms with Crippen LogP contribution in [0.15, 0.2) is 42.7 Å². The van der Waals surface area contributed by atoms with E-state index in [2.05, 4.69) is 19.8 Å². The van der Waals surface area contributed by atoms with Gasteiger partial charge in [0, 0.05) is 69.7 Å².